The molecule has 30 heavy (non-hydrogen) atoms. The van der Waals surface area contributed by atoms with Crippen molar-refractivity contribution in [2.24, 2.45) is 16.6 Å². The van der Waals surface area contributed by atoms with Gasteiger partial charge >= 0.3 is 0 Å². The highest BCUT2D eigenvalue weighted by atomic mass is 32.2. The van der Waals surface area contributed by atoms with E-state index in [9.17, 15) is 4.79 Å². The van der Waals surface area contributed by atoms with Crippen molar-refractivity contribution in [1.82, 2.24) is 0 Å². The number of nitrogens with two attached hydrogens (primary N) is 1. The van der Waals surface area contributed by atoms with E-state index in [0.717, 1.165) is 22.8 Å². The van der Waals surface area contributed by atoms with E-state index in [1.165, 1.54) is 16.3 Å². The fourth-order valence-corrected chi connectivity index (χ4v) is 5.27. The second kappa shape index (κ2) is 9.48. The standard InChI is InChI=1S/C25H26N2OS.CH4/c1-25(22-12-11-19-9-5-6-10-20(19)16-22)13-14-29-23(27-25)17-21(24(26)28)15-18-7-3-2-4-8-18;/h2-12,16,21H,13-15,17H2,1H3,(H2,26,28);1H4/t21-,25?;/m1./s1. The summed E-state index contributed by atoms with van der Waals surface area (Å²) in [6.07, 6.45) is 2.25. The number of fused-ring (bicyclic) bond motifs is 1. The van der Waals surface area contributed by atoms with Gasteiger partial charge in [-0.15, -0.1) is 11.8 Å². The van der Waals surface area contributed by atoms with Crippen LogP contribution in [-0.4, -0.2) is 16.7 Å². The van der Waals surface area contributed by atoms with Crippen molar-refractivity contribution in [1.29, 1.82) is 0 Å². The predicted octanol–water partition coefficient (Wildman–Crippen LogP) is 5.96. The fraction of sp³-hybridized carbons (Fsp3) is 0.308. The Morgan fingerprint density at radius 2 is 1.73 bits per heavy atom. The number of primary amides is 1. The van der Waals surface area contributed by atoms with Crippen molar-refractivity contribution < 1.29 is 4.79 Å². The van der Waals surface area contributed by atoms with E-state index >= 15 is 0 Å². The molecule has 0 aromatic heterocycles. The van der Waals surface area contributed by atoms with Crippen molar-refractivity contribution in [3.63, 3.8) is 0 Å². The van der Waals surface area contributed by atoms with Crippen LogP contribution >= 0.6 is 11.8 Å². The summed E-state index contributed by atoms with van der Waals surface area (Å²) in [5.74, 6) is 0.511. The Labute approximate surface area is 183 Å². The first-order valence-electron chi connectivity index (χ1n) is 10.1. The number of thioether (sulfide) groups is 1. The Balaban J connectivity index is 0.00000256. The monoisotopic (exact) mass is 418 g/mol. The van der Waals surface area contributed by atoms with Gasteiger partial charge < -0.3 is 5.73 Å². The molecule has 1 amide bonds. The first-order chi connectivity index (χ1) is 14.0. The lowest BCUT2D eigenvalue weighted by Gasteiger charge is -2.32. The summed E-state index contributed by atoms with van der Waals surface area (Å²) in [5, 5.41) is 3.51. The lowest BCUT2D eigenvalue weighted by molar-refractivity contribution is -0.121. The van der Waals surface area contributed by atoms with Crippen LogP contribution in [0.15, 0.2) is 77.8 Å². The molecule has 3 nitrogen and oxygen atoms in total. The molecule has 0 saturated carbocycles. The van der Waals surface area contributed by atoms with Gasteiger partial charge in [0, 0.05) is 18.1 Å². The molecular formula is C26H30N2OS. The van der Waals surface area contributed by atoms with Gasteiger partial charge in [-0.1, -0.05) is 74.2 Å². The average Bonchev–Trinajstić information content (AvgIpc) is 2.74. The Morgan fingerprint density at radius 1 is 1.03 bits per heavy atom. The van der Waals surface area contributed by atoms with Crippen LogP contribution in [0.3, 0.4) is 0 Å². The molecule has 1 unspecified atom stereocenters. The van der Waals surface area contributed by atoms with Gasteiger partial charge in [0.25, 0.3) is 0 Å². The molecule has 1 aliphatic rings. The summed E-state index contributed by atoms with van der Waals surface area (Å²) < 4.78 is 0. The minimum Gasteiger partial charge on any atom is -0.369 e. The molecule has 1 aliphatic heterocycles. The molecule has 0 saturated heterocycles. The smallest absolute Gasteiger partial charge is 0.221 e. The molecule has 4 heteroatoms. The van der Waals surface area contributed by atoms with Crippen LogP contribution in [0.25, 0.3) is 10.8 Å². The Kier molecular flexibility index (Phi) is 6.99. The molecule has 3 aromatic carbocycles. The topological polar surface area (TPSA) is 55.5 Å². The lowest BCUT2D eigenvalue weighted by Crippen LogP contribution is -2.30. The second-order valence-electron chi connectivity index (χ2n) is 7.93. The highest BCUT2D eigenvalue weighted by Gasteiger charge is 2.31. The predicted molar refractivity (Wildman–Crippen MR) is 130 cm³/mol. The van der Waals surface area contributed by atoms with Gasteiger partial charge in [-0.3, -0.25) is 9.79 Å². The molecule has 0 fully saturated rings. The third-order valence-corrected chi connectivity index (χ3v) is 6.75. The summed E-state index contributed by atoms with van der Waals surface area (Å²) in [7, 11) is 0. The van der Waals surface area contributed by atoms with Crippen molar-refractivity contribution in [2.45, 2.75) is 39.2 Å². The minimum atomic E-state index is -0.264. The van der Waals surface area contributed by atoms with Gasteiger partial charge in [0.15, 0.2) is 0 Å². The Morgan fingerprint density at radius 3 is 2.47 bits per heavy atom. The van der Waals surface area contributed by atoms with Crippen LogP contribution in [0.4, 0.5) is 0 Å². The number of carbonyl (C=O) groups is 1. The first kappa shape index (κ1) is 22.1. The number of rotatable bonds is 6. The molecule has 0 spiro atoms. The quantitative estimate of drug-likeness (QED) is 0.537. The zero-order valence-electron chi connectivity index (χ0n) is 16.7. The van der Waals surface area contributed by atoms with E-state index < -0.39 is 0 Å². The van der Waals surface area contributed by atoms with Crippen molar-refractivity contribution in [2.75, 3.05) is 5.75 Å². The van der Waals surface area contributed by atoms with Gasteiger partial charge in [-0.2, -0.15) is 0 Å². The third-order valence-electron chi connectivity index (χ3n) is 5.75. The van der Waals surface area contributed by atoms with Crippen LogP contribution < -0.4 is 5.73 Å². The zero-order valence-corrected chi connectivity index (χ0v) is 17.5. The zero-order chi connectivity index (χ0) is 20.3. The number of hydrogen-bond acceptors (Lipinski definition) is 3. The molecule has 2 atom stereocenters. The lowest BCUT2D eigenvalue weighted by atomic mass is 9.88. The summed E-state index contributed by atoms with van der Waals surface area (Å²) in [5.41, 5.74) is 7.84. The number of hydrogen-bond donors (Lipinski definition) is 1. The Bertz CT molecular complexity index is 1050. The van der Waals surface area contributed by atoms with Gasteiger partial charge in [-0.25, -0.2) is 0 Å². The molecular weight excluding hydrogens is 388 g/mol. The van der Waals surface area contributed by atoms with Gasteiger partial charge in [0.1, 0.15) is 0 Å². The third kappa shape index (κ3) is 4.93. The van der Waals surface area contributed by atoms with Crippen LogP contribution in [0.2, 0.25) is 0 Å². The molecule has 4 rings (SSSR count). The van der Waals surface area contributed by atoms with E-state index in [4.69, 9.17) is 10.7 Å². The maximum Gasteiger partial charge on any atom is 0.221 e. The van der Waals surface area contributed by atoms with Crippen LogP contribution in [0.5, 0.6) is 0 Å². The number of nitrogens with zero attached hydrogens (tertiary/aromatic N) is 1. The maximum absolute atomic E-state index is 12.1. The number of carbonyl (C=O) groups excluding carboxylic acids is 1. The minimum absolute atomic E-state index is 0. The van der Waals surface area contributed by atoms with E-state index in [1.54, 1.807) is 11.8 Å². The number of benzene rings is 3. The molecule has 3 aromatic rings. The summed E-state index contributed by atoms with van der Waals surface area (Å²) in [6.45, 7) is 2.20. The molecule has 2 N–H and O–H groups in total. The van der Waals surface area contributed by atoms with Crippen LogP contribution in [0.1, 0.15) is 38.3 Å². The van der Waals surface area contributed by atoms with E-state index in [1.807, 2.05) is 30.3 Å². The number of amides is 1. The fourth-order valence-electron chi connectivity index (χ4n) is 3.95. The first-order valence-corrected chi connectivity index (χ1v) is 11.1. The summed E-state index contributed by atoms with van der Waals surface area (Å²) in [6, 6.07) is 25.1. The molecule has 156 valence electrons. The highest BCUT2D eigenvalue weighted by Crippen LogP contribution is 2.38. The van der Waals surface area contributed by atoms with Crippen LogP contribution in [-0.2, 0) is 16.8 Å². The van der Waals surface area contributed by atoms with E-state index in [0.29, 0.717) is 12.8 Å². The second-order valence-corrected chi connectivity index (χ2v) is 9.10. The average molecular weight is 419 g/mol. The maximum atomic E-state index is 12.1. The van der Waals surface area contributed by atoms with Gasteiger partial charge in [0.2, 0.25) is 5.91 Å². The van der Waals surface area contributed by atoms with Crippen molar-refractivity contribution >= 4 is 33.5 Å². The largest absolute Gasteiger partial charge is 0.369 e. The molecule has 0 aliphatic carbocycles. The summed E-state index contributed by atoms with van der Waals surface area (Å²) >= 11 is 1.76. The number of aliphatic imine (C=N–C) groups is 1. The van der Waals surface area contributed by atoms with Crippen LogP contribution in [0, 0.1) is 5.92 Å². The molecule has 0 bridgehead atoms. The van der Waals surface area contributed by atoms with Gasteiger partial charge in [0.05, 0.1) is 10.6 Å². The SMILES string of the molecule is C.CC1(c2ccc3ccccc3c2)CCSC(C[C@@H](Cc2ccccc2)C(N)=O)=N1. The van der Waals surface area contributed by atoms with Gasteiger partial charge in [-0.05, 0) is 47.7 Å². The van der Waals surface area contributed by atoms with Crippen molar-refractivity contribution in [3.8, 4) is 0 Å². The molecule has 0 radical (unpaired) electrons. The Hall–Kier alpha value is -2.59. The summed E-state index contributed by atoms with van der Waals surface area (Å²) in [4.78, 5) is 17.2. The van der Waals surface area contributed by atoms with Crippen molar-refractivity contribution in [3.05, 3.63) is 83.9 Å². The van der Waals surface area contributed by atoms with E-state index in [-0.39, 0.29) is 24.8 Å². The molecule has 1 heterocycles. The normalized spacial score (nSPS) is 19.6. The van der Waals surface area contributed by atoms with E-state index in [2.05, 4.69) is 49.4 Å². The highest BCUT2D eigenvalue weighted by molar-refractivity contribution is 8.14.